The normalized spacial score (nSPS) is 12.9. The molecule has 0 aromatic heterocycles. The lowest BCUT2D eigenvalue weighted by Gasteiger charge is -2.34. The van der Waals surface area contributed by atoms with Crippen LogP contribution in [0.2, 0.25) is 0 Å². The Kier molecular flexibility index (Phi) is 5.61. The van der Waals surface area contributed by atoms with Crippen LogP contribution in [-0.4, -0.2) is 0 Å². The zero-order valence-electron chi connectivity index (χ0n) is 21.5. The summed E-state index contributed by atoms with van der Waals surface area (Å²) >= 11 is 0. The van der Waals surface area contributed by atoms with Crippen molar-refractivity contribution < 1.29 is 0 Å². The van der Waals surface area contributed by atoms with Gasteiger partial charge in [-0.2, -0.15) is 0 Å². The third kappa shape index (κ3) is 3.69. The molecule has 0 aliphatic heterocycles. The minimum absolute atomic E-state index is 0.442. The highest BCUT2D eigenvalue weighted by Gasteiger charge is 2.46. The molecule has 1 aliphatic carbocycles. The van der Waals surface area contributed by atoms with Crippen LogP contribution in [-0.2, 0) is 5.41 Å². The van der Waals surface area contributed by atoms with Crippen LogP contribution in [0.1, 0.15) is 22.3 Å². The van der Waals surface area contributed by atoms with Crippen molar-refractivity contribution in [3.8, 4) is 22.3 Å². The molecule has 1 aliphatic rings. The average molecular weight is 501 g/mol. The highest BCUT2D eigenvalue weighted by atomic mass is 15.4. The summed E-state index contributed by atoms with van der Waals surface area (Å²) in [5.74, 6) is 6.80. The van der Waals surface area contributed by atoms with Gasteiger partial charge >= 0.3 is 0 Å². The second-order valence-electron chi connectivity index (χ2n) is 10.0. The number of nitrogens with zero attached hydrogens (tertiary/aromatic N) is 1. The minimum atomic E-state index is -0.442. The number of anilines is 2. The Balaban J connectivity index is 1.39. The molecule has 0 atom stereocenters. The summed E-state index contributed by atoms with van der Waals surface area (Å²) in [5.41, 5.74) is 11.4. The van der Waals surface area contributed by atoms with E-state index in [9.17, 15) is 0 Å². The van der Waals surface area contributed by atoms with E-state index in [0.29, 0.717) is 0 Å². The first kappa shape index (κ1) is 23.2. The van der Waals surface area contributed by atoms with Gasteiger partial charge in [0.25, 0.3) is 0 Å². The summed E-state index contributed by atoms with van der Waals surface area (Å²) in [7, 11) is 0. The van der Waals surface area contributed by atoms with E-state index >= 15 is 0 Å². The van der Waals surface area contributed by atoms with E-state index in [1.165, 1.54) is 44.5 Å². The quantitative estimate of drug-likeness (QED) is 0.189. The van der Waals surface area contributed by atoms with Crippen molar-refractivity contribution in [1.29, 1.82) is 0 Å². The van der Waals surface area contributed by atoms with Crippen LogP contribution in [0.3, 0.4) is 0 Å². The first-order valence-electron chi connectivity index (χ1n) is 13.3. The Bertz CT molecular complexity index is 1700. The molecule has 0 radical (unpaired) electrons. The van der Waals surface area contributed by atoms with Crippen LogP contribution >= 0.6 is 0 Å². The highest BCUT2D eigenvalue weighted by molar-refractivity contribution is 5.88. The predicted molar refractivity (Wildman–Crippen MR) is 162 cm³/mol. The number of hydrogen-bond donors (Lipinski definition) is 1. The number of benzene rings is 6. The molecule has 0 saturated carbocycles. The predicted octanol–water partition coefficient (Wildman–Crippen LogP) is 8.73. The van der Waals surface area contributed by atoms with Gasteiger partial charge < -0.3 is 0 Å². The number of rotatable bonds is 5. The third-order valence-electron chi connectivity index (χ3n) is 7.97. The van der Waals surface area contributed by atoms with E-state index in [2.05, 4.69) is 152 Å². The SMILES string of the molecule is NN(c1ccc(-c2ccccc2)cc1)c1ccc2c(c1)C(c1ccccc1)(c1ccccc1)c1ccccc1-2. The summed E-state index contributed by atoms with van der Waals surface area (Å²) in [4.78, 5) is 0. The number of nitrogens with two attached hydrogens (primary N) is 1. The van der Waals surface area contributed by atoms with Crippen molar-refractivity contribution in [2.75, 3.05) is 5.01 Å². The van der Waals surface area contributed by atoms with E-state index in [-0.39, 0.29) is 0 Å². The molecule has 6 aromatic rings. The van der Waals surface area contributed by atoms with Gasteiger partial charge in [0, 0.05) is 0 Å². The van der Waals surface area contributed by atoms with Gasteiger partial charge in [0.1, 0.15) is 0 Å². The molecular weight excluding hydrogens is 472 g/mol. The summed E-state index contributed by atoms with van der Waals surface area (Å²) in [6.45, 7) is 0. The van der Waals surface area contributed by atoms with E-state index in [1.807, 2.05) is 6.07 Å². The van der Waals surface area contributed by atoms with Gasteiger partial charge in [-0.25, -0.2) is 5.84 Å². The van der Waals surface area contributed by atoms with Gasteiger partial charge in [-0.3, -0.25) is 5.01 Å². The fourth-order valence-corrected chi connectivity index (χ4v) is 6.18. The van der Waals surface area contributed by atoms with Crippen molar-refractivity contribution in [3.63, 3.8) is 0 Å². The monoisotopic (exact) mass is 500 g/mol. The van der Waals surface area contributed by atoms with Gasteiger partial charge in [0.05, 0.1) is 16.8 Å². The van der Waals surface area contributed by atoms with Crippen molar-refractivity contribution >= 4 is 11.4 Å². The van der Waals surface area contributed by atoms with E-state index in [0.717, 1.165) is 11.4 Å². The maximum Gasteiger partial charge on any atom is 0.0714 e. The molecule has 186 valence electrons. The molecule has 0 amide bonds. The molecule has 0 spiro atoms. The van der Waals surface area contributed by atoms with E-state index in [4.69, 9.17) is 5.84 Å². The Morgan fingerprint density at radius 3 is 1.54 bits per heavy atom. The molecular formula is C37H28N2. The lowest BCUT2D eigenvalue weighted by atomic mass is 9.67. The van der Waals surface area contributed by atoms with Crippen LogP contribution < -0.4 is 10.9 Å². The lowest BCUT2D eigenvalue weighted by molar-refractivity contribution is 0.768. The largest absolute Gasteiger partial charge is 0.280 e. The lowest BCUT2D eigenvalue weighted by Crippen LogP contribution is -2.29. The summed E-state index contributed by atoms with van der Waals surface area (Å²) in [5, 5.41) is 1.79. The molecule has 7 rings (SSSR count). The molecule has 2 N–H and O–H groups in total. The molecule has 0 saturated heterocycles. The maximum absolute atomic E-state index is 6.80. The summed E-state index contributed by atoms with van der Waals surface area (Å²) in [6.07, 6.45) is 0. The van der Waals surface area contributed by atoms with Gasteiger partial charge in [0.15, 0.2) is 0 Å². The number of hydrazine groups is 1. The molecule has 0 heterocycles. The molecule has 2 heteroatoms. The smallest absolute Gasteiger partial charge is 0.0714 e. The fraction of sp³-hybridized carbons (Fsp3) is 0.0270. The topological polar surface area (TPSA) is 29.3 Å². The molecule has 0 fully saturated rings. The highest BCUT2D eigenvalue weighted by Crippen LogP contribution is 2.56. The van der Waals surface area contributed by atoms with Crippen molar-refractivity contribution in [3.05, 3.63) is 180 Å². The first-order valence-corrected chi connectivity index (χ1v) is 13.3. The van der Waals surface area contributed by atoms with Crippen LogP contribution in [0.15, 0.2) is 158 Å². The standard InChI is InChI=1S/C37H28N2/c38-39(31-22-20-28(21-23-31)27-12-4-1-5-13-27)32-24-25-34-33-18-10-11-19-35(33)37(36(34)26-32,29-14-6-2-7-15-29)30-16-8-3-9-17-30/h1-26H,38H2. The van der Waals surface area contributed by atoms with Crippen molar-refractivity contribution in [2.24, 2.45) is 5.84 Å². The van der Waals surface area contributed by atoms with Crippen LogP contribution in [0.4, 0.5) is 11.4 Å². The summed E-state index contributed by atoms with van der Waals surface area (Å²) < 4.78 is 0. The molecule has 0 bridgehead atoms. The number of hydrogen-bond acceptors (Lipinski definition) is 2. The summed E-state index contributed by atoms with van der Waals surface area (Å²) in [6, 6.07) is 56.0. The minimum Gasteiger partial charge on any atom is -0.280 e. The second kappa shape index (κ2) is 9.43. The fourth-order valence-electron chi connectivity index (χ4n) is 6.18. The maximum atomic E-state index is 6.80. The Hall–Kier alpha value is -4.92. The molecule has 6 aromatic carbocycles. The average Bonchev–Trinajstić information content (AvgIpc) is 3.32. The van der Waals surface area contributed by atoms with Crippen molar-refractivity contribution in [1.82, 2.24) is 0 Å². The van der Waals surface area contributed by atoms with Crippen LogP contribution in [0, 0.1) is 0 Å². The Labute approximate surface area is 229 Å². The number of fused-ring (bicyclic) bond motifs is 3. The van der Waals surface area contributed by atoms with Crippen molar-refractivity contribution in [2.45, 2.75) is 5.41 Å². The van der Waals surface area contributed by atoms with Gasteiger partial charge in [-0.05, 0) is 68.8 Å². The van der Waals surface area contributed by atoms with Crippen LogP contribution in [0.5, 0.6) is 0 Å². The molecule has 0 unspecified atom stereocenters. The Morgan fingerprint density at radius 2 is 0.897 bits per heavy atom. The zero-order valence-corrected chi connectivity index (χ0v) is 21.5. The van der Waals surface area contributed by atoms with Crippen LogP contribution in [0.25, 0.3) is 22.3 Å². The molecule has 2 nitrogen and oxygen atoms in total. The van der Waals surface area contributed by atoms with E-state index in [1.54, 1.807) is 5.01 Å². The van der Waals surface area contributed by atoms with Gasteiger partial charge in [0.2, 0.25) is 0 Å². The third-order valence-corrected chi connectivity index (χ3v) is 7.97. The first-order chi connectivity index (χ1) is 19.3. The van der Waals surface area contributed by atoms with E-state index < -0.39 is 5.41 Å². The van der Waals surface area contributed by atoms with Gasteiger partial charge in [-0.1, -0.05) is 133 Å². The Morgan fingerprint density at radius 1 is 0.410 bits per heavy atom. The van der Waals surface area contributed by atoms with Gasteiger partial charge in [-0.15, -0.1) is 0 Å². The second-order valence-corrected chi connectivity index (χ2v) is 10.0. The zero-order chi connectivity index (χ0) is 26.2. The molecule has 39 heavy (non-hydrogen) atoms.